The van der Waals surface area contributed by atoms with Gasteiger partial charge in [-0.15, -0.1) is 16.4 Å². The van der Waals surface area contributed by atoms with Crippen LogP contribution in [0.15, 0.2) is 12.1 Å². The van der Waals surface area contributed by atoms with Crippen molar-refractivity contribution < 1.29 is 14.3 Å². The Bertz CT molecular complexity index is 611. The number of ether oxygens (including phenoxy) is 2. The molecule has 0 aliphatic rings. The summed E-state index contributed by atoms with van der Waals surface area (Å²) in [6.45, 7) is 7.08. The normalized spacial score (nSPS) is 12.3. The van der Waals surface area contributed by atoms with Crippen molar-refractivity contribution in [3.8, 4) is 10.7 Å². The molecule has 2 aromatic heterocycles. The molecule has 1 unspecified atom stereocenters. The molecule has 0 bridgehead atoms. The van der Waals surface area contributed by atoms with Gasteiger partial charge in [0, 0.05) is 11.5 Å². The summed E-state index contributed by atoms with van der Waals surface area (Å²) in [7, 11) is 0. The van der Waals surface area contributed by atoms with Gasteiger partial charge in [-0.3, -0.25) is 15.2 Å². The fraction of sp³-hybridized carbons (Fsp3) is 0.500. The van der Waals surface area contributed by atoms with E-state index in [4.69, 9.17) is 9.47 Å². The molecule has 0 aromatic carbocycles. The Morgan fingerprint density at radius 3 is 2.95 bits per heavy atom. The molecule has 0 spiro atoms. The average molecular weight is 324 g/mol. The van der Waals surface area contributed by atoms with Gasteiger partial charge in [-0.2, -0.15) is 4.98 Å². The maximum Gasteiger partial charge on any atom is 0.255 e. The first-order valence-electron chi connectivity index (χ1n) is 7.09. The lowest BCUT2D eigenvalue weighted by Gasteiger charge is -2.11. The summed E-state index contributed by atoms with van der Waals surface area (Å²) in [6, 6.07) is 3.97. The number of aromatic nitrogens is 3. The number of hydrogen-bond acceptors (Lipinski definition) is 6. The van der Waals surface area contributed by atoms with Crippen molar-refractivity contribution in [1.29, 1.82) is 0 Å². The summed E-state index contributed by atoms with van der Waals surface area (Å²) in [6.07, 6.45) is -0.591. The van der Waals surface area contributed by atoms with Gasteiger partial charge in [0.15, 0.2) is 5.82 Å². The third-order valence-electron chi connectivity index (χ3n) is 2.86. The number of aromatic amines is 1. The van der Waals surface area contributed by atoms with Crippen LogP contribution in [0.3, 0.4) is 0 Å². The molecule has 8 heteroatoms. The molecule has 0 saturated heterocycles. The van der Waals surface area contributed by atoms with Crippen LogP contribution in [0.2, 0.25) is 0 Å². The quantitative estimate of drug-likeness (QED) is 0.727. The summed E-state index contributed by atoms with van der Waals surface area (Å²) in [4.78, 5) is 18.4. The number of nitrogens with one attached hydrogen (secondary N) is 2. The van der Waals surface area contributed by atoms with Gasteiger partial charge in [0.2, 0.25) is 5.95 Å². The van der Waals surface area contributed by atoms with Crippen LogP contribution in [0.4, 0.5) is 5.95 Å². The van der Waals surface area contributed by atoms with E-state index in [1.165, 1.54) is 4.88 Å². The average Bonchev–Trinajstić information content (AvgIpc) is 3.12. The fourth-order valence-corrected chi connectivity index (χ4v) is 2.51. The number of H-pyrrole nitrogens is 1. The largest absolute Gasteiger partial charge is 0.379 e. The standard InChI is InChI=1S/C14H20N4O3S/c1-4-20-7-8-21-10(3)13(19)16-14-15-12(17-18-14)11-6-5-9(2)22-11/h5-6,10H,4,7-8H2,1-3H3,(H2,15,16,17,18,19). The van der Waals surface area contributed by atoms with Crippen molar-refractivity contribution in [3.63, 3.8) is 0 Å². The van der Waals surface area contributed by atoms with Crippen molar-refractivity contribution in [1.82, 2.24) is 15.2 Å². The highest BCUT2D eigenvalue weighted by molar-refractivity contribution is 7.15. The Kier molecular flexibility index (Phi) is 6.05. The molecule has 1 amide bonds. The Hall–Kier alpha value is -1.77. The summed E-state index contributed by atoms with van der Waals surface area (Å²) >= 11 is 1.61. The van der Waals surface area contributed by atoms with Crippen LogP contribution in [-0.2, 0) is 14.3 Å². The number of nitrogens with zero attached hydrogens (tertiary/aromatic N) is 2. The molecule has 22 heavy (non-hydrogen) atoms. The smallest absolute Gasteiger partial charge is 0.255 e. The molecule has 0 radical (unpaired) electrons. The third-order valence-corrected chi connectivity index (χ3v) is 3.87. The number of thiophene rings is 1. The van der Waals surface area contributed by atoms with Crippen LogP contribution in [0, 0.1) is 6.92 Å². The van der Waals surface area contributed by atoms with E-state index in [-0.39, 0.29) is 11.9 Å². The highest BCUT2D eigenvalue weighted by Gasteiger charge is 2.16. The first kappa shape index (κ1) is 16.6. The van der Waals surface area contributed by atoms with Gasteiger partial charge in [-0.1, -0.05) is 0 Å². The van der Waals surface area contributed by atoms with Crippen LogP contribution < -0.4 is 5.32 Å². The topological polar surface area (TPSA) is 89.1 Å². The van der Waals surface area contributed by atoms with Crippen molar-refractivity contribution in [3.05, 3.63) is 17.0 Å². The highest BCUT2D eigenvalue weighted by atomic mass is 32.1. The summed E-state index contributed by atoms with van der Waals surface area (Å²) in [5, 5.41) is 9.43. The Morgan fingerprint density at radius 2 is 2.27 bits per heavy atom. The predicted molar refractivity (Wildman–Crippen MR) is 85.0 cm³/mol. The lowest BCUT2D eigenvalue weighted by atomic mass is 10.4. The second kappa shape index (κ2) is 8.02. The first-order valence-corrected chi connectivity index (χ1v) is 7.91. The van der Waals surface area contributed by atoms with Crippen molar-refractivity contribution >= 4 is 23.2 Å². The molecule has 1 atom stereocenters. The summed E-state index contributed by atoms with van der Waals surface area (Å²) < 4.78 is 10.5. The molecule has 7 nitrogen and oxygen atoms in total. The van der Waals surface area contributed by atoms with Gasteiger partial charge in [-0.25, -0.2) is 0 Å². The number of rotatable bonds is 8. The fourth-order valence-electron chi connectivity index (χ4n) is 1.71. The molecule has 2 N–H and O–H groups in total. The van der Waals surface area contributed by atoms with Crippen molar-refractivity contribution in [2.24, 2.45) is 0 Å². The van der Waals surface area contributed by atoms with Gasteiger partial charge >= 0.3 is 0 Å². The minimum atomic E-state index is -0.591. The van der Waals surface area contributed by atoms with Crippen LogP contribution in [-0.4, -0.2) is 47.0 Å². The molecule has 0 fully saturated rings. The molecule has 2 rings (SSSR count). The predicted octanol–water partition coefficient (Wildman–Crippen LogP) is 2.22. The third kappa shape index (κ3) is 4.62. The lowest BCUT2D eigenvalue weighted by Crippen LogP contribution is -2.29. The number of carbonyl (C=O) groups is 1. The van der Waals surface area contributed by atoms with E-state index in [2.05, 4.69) is 20.5 Å². The molecule has 0 aliphatic heterocycles. The van der Waals surface area contributed by atoms with E-state index in [0.717, 1.165) is 4.88 Å². The maximum atomic E-state index is 12.0. The van der Waals surface area contributed by atoms with E-state index in [1.54, 1.807) is 18.3 Å². The van der Waals surface area contributed by atoms with Gasteiger partial charge in [0.05, 0.1) is 18.1 Å². The molecule has 2 aromatic rings. The Morgan fingerprint density at radius 1 is 1.45 bits per heavy atom. The van der Waals surface area contributed by atoms with Crippen molar-refractivity contribution in [2.75, 3.05) is 25.1 Å². The van der Waals surface area contributed by atoms with Gasteiger partial charge in [-0.05, 0) is 32.9 Å². The van der Waals surface area contributed by atoms with Crippen LogP contribution in [0.1, 0.15) is 18.7 Å². The number of hydrogen-bond donors (Lipinski definition) is 2. The minimum Gasteiger partial charge on any atom is -0.379 e. The molecular weight excluding hydrogens is 304 g/mol. The zero-order valence-corrected chi connectivity index (χ0v) is 13.7. The SMILES string of the molecule is CCOCCOC(C)C(=O)Nc1n[nH]c(-c2ccc(C)s2)n1. The Balaban J connectivity index is 1.85. The second-order valence-electron chi connectivity index (χ2n) is 4.62. The van der Waals surface area contributed by atoms with E-state index in [0.29, 0.717) is 25.6 Å². The van der Waals surface area contributed by atoms with Crippen LogP contribution in [0.25, 0.3) is 10.7 Å². The molecule has 0 aliphatic carbocycles. The second-order valence-corrected chi connectivity index (χ2v) is 5.91. The molecule has 0 saturated carbocycles. The van der Waals surface area contributed by atoms with E-state index >= 15 is 0 Å². The summed E-state index contributed by atoms with van der Waals surface area (Å²) in [5.41, 5.74) is 0. The monoisotopic (exact) mass is 324 g/mol. The zero-order valence-electron chi connectivity index (χ0n) is 12.9. The molecule has 120 valence electrons. The summed E-state index contributed by atoms with van der Waals surface area (Å²) in [5.74, 6) is 0.592. The molecular formula is C14H20N4O3S. The Labute approximate surface area is 133 Å². The highest BCUT2D eigenvalue weighted by Crippen LogP contribution is 2.24. The van der Waals surface area contributed by atoms with E-state index in [1.807, 2.05) is 26.0 Å². The van der Waals surface area contributed by atoms with E-state index < -0.39 is 6.10 Å². The van der Waals surface area contributed by atoms with Crippen LogP contribution in [0.5, 0.6) is 0 Å². The maximum absolute atomic E-state index is 12.0. The zero-order chi connectivity index (χ0) is 15.9. The number of anilines is 1. The van der Waals surface area contributed by atoms with Gasteiger partial charge in [0.1, 0.15) is 6.10 Å². The number of amides is 1. The molecule has 2 heterocycles. The number of carbonyl (C=O) groups excluding carboxylic acids is 1. The van der Waals surface area contributed by atoms with Crippen LogP contribution >= 0.6 is 11.3 Å². The number of aryl methyl sites for hydroxylation is 1. The van der Waals surface area contributed by atoms with Gasteiger partial charge in [0.25, 0.3) is 5.91 Å². The first-order chi connectivity index (χ1) is 10.6. The van der Waals surface area contributed by atoms with E-state index in [9.17, 15) is 4.79 Å². The minimum absolute atomic E-state index is 0.242. The van der Waals surface area contributed by atoms with Crippen molar-refractivity contribution in [2.45, 2.75) is 26.9 Å². The van der Waals surface area contributed by atoms with Gasteiger partial charge < -0.3 is 9.47 Å². The lowest BCUT2D eigenvalue weighted by molar-refractivity contribution is -0.127.